The Labute approximate surface area is 96.8 Å². The Kier molecular flexibility index (Phi) is 2.07. The first kappa shape index (κ1) is 11.0. The molecule has 3 nitrogen and oxygen atoms in total. The fourth-order valence-electron chi connectivity index (χ4n) is 4.62. The Morgan fingerprint density at radius 1 is 1.19 bits per heavy atom. The normalized spacial score (nSPS) is 60.8. The molecule has 0 aromatic rings. The van der Waals surface area contributed by atoms with Crippen molar-refractivity contribution in [3.05, 3.63) is 0 Å². The van der Waals surface area contributed by atoms with Crippen LogP contribution in [0, 0.1) is 5.41 Å². The van der Waals surface area contributed by atoms with Gasteiger partial charge in [-0.3, -0.25) is 0 Å². The van der Waals surface area contributed by atoms with E-state index in [1.165, 1.54) is 0 Å². The smallest absolute Gasteiger partial charge is 0.124 e. The zero-order valence-corrected chi connectivity index (χ0v) is 10.2. The molecule has 4 aliphatic rings. The second-order valence-electron chi connectivity index (χ2n) is 6.45. The number of aliphatic hydroxyl groups is 2. The van der Waals surface area contributed by atoms with Crippen molar-refractivity contribution in [1.82, 2.24) is 0 Å². The molecule has 0 aromatic carbocycles. The Balaban J connectivity index is 2.16. The topological polar surface area (TPSA) is 49.7 Å². The third kappa shape index (κ3) is 1.05. The molecule has 2 saturated carbocycles. The lowest BCUT2D eigenvalue weighted by Gasteiger charge is -2.62. The molecule has 2 aliphatic heterocycles. The number of aliphatic hydroxyl groups excluding tert-OH is 1. The molecule has 3 heteroatoms. The van der Waals surface area contributed by atoms with E-state index >= 15 is 0 Å². The molecule has 4 bridgehead atoms. The zero-order valence-electron chi connectivity index (χ0n) is 10.2. The summed E-state index contributed by atoms with van der Waals surface area (Å²) in [6.07, 6.45) is 5.03. The maximum atomic E-state index is 11.1. The van der Waals surface area contributed by atoms with Gasteiger partial charge in [0.05, 0.1) is 17.8 Å². The van der Waals surface area contributed by atoms with E-state index in [1.807, 2.05) is 6.92 Å². The number of hydrogen-bond acceptors (Lipinski definition) is 3. The fourth-order valence-corrected chi connectivity index (χ4v) is 4.62. The molecular weight excluding hydrogens is 204 g/mol. The van der Waals surface area contributed by atoms with Crippen molar-refractivity contribution >= 4 is 0 Å². The maximum absolute atomic E-state index is 11.1. The van der Waals surface area contributed by atoms with E-state index in [4.69, 9.17) is 4.74 Å². The molecule has 2 saturated heterocycles. The van der Waals surface area contributed by atoms with Crippen LogP contribution in [0.1, 0.15) is 52.4 Å². The summed E-state index contributed by atoms with van der Waals surface area (Å²) in [5.41, 5.74) is -1.76. The van der Waals surface area contributed by atoms with E-state index in [9.17, 15) is 10.2 Å². The van der Waals surface area contributed by atoms with Crippen LogP contribution in [-0.2, 0) is 4.74 Å². The van der Waals surface area contributed by atoms with Gasteiger partial charge in [0.25, 0.3) is 0 Å². The molecule has 0 aromatic heterocycles. The van der Waals surface area contributed by atoms with Crippen LogP contribution in [-0.4, -0.2) is 33.6 Å². The molecule has 16 heavy (non-hydrogen) atoms. The van der Waals surface area contributed by atoms with Crippen LogP contribution >= 0.6 is 0 Å². The summed E-state index contributed by atoms with van der Waals surface area (Å²) in [5.74, 6) is 0. The highest BCUT2D eigenvalue weighted by atomic mass is 16.5. The predicted octanol–water partition coefficient (Wildman–Crippen LogP) is 1.61. The minimum atomic E-state index is -1.05. The van der Waals surface area contributed by atoms with E-state index in [0.717, 1.165) is 32.1 Å². The van der Waals surface area contributed by atoms with Crippen molar-refractivity contribution in [3.63, 3.8) is 0 Å². The largest absolute Gasteiger partial charge is 0.390 e. The van der Waals surface area contributed by atoms with Crippen molar-refractivity contribution in [2.45, 2.75) is 75.8 Å². The van der Waals surface area contributed by atoms with Crippen LogP contribution in [0.25, 0.3) is 0 Å². The predicted molar refractivity (Wildman–Crippen MR) is 60.0 cm³/mol. The number of rotatable bonds is 0. The van der Waals surface area contributed by atoms with Crippen molar-refractivity contribution in [1.29, 1.82) is 0 Å². The third-order valence-electron chi connectivity index (χ3n) is 5.46. The Morgan fingerprint density at radius 2 is 1.94 bits per heavy atom. The Morgan fingerprint density at radius 3 is 2.62 bits per heavy atom. The van der Waals surface area contributed by atoms with E-state index in [-0.39, 0.29) is 11.5 Å². The molecule has 4 rings (SSSR count). The fraction of sp³-hybridized carbons (Fsp3) is 1.00. The van der Waals surface area contributed by atoms with Crippen LogP contribution in [0.4, 0.5) is 0 Å². The molecule has 2 N–H and O–H groups in total. The van der Waals surface area contributed by atoms with Crippen molar-refractivity contribution in [2.75, 3.05) is 0 Å². The SMILES string of the molecule is C[C@@]12CCC[C@]3(C)O[C@@H](CC[C@H](O)[C@@]13O)C2. The van der Waals surface area contributed by atoms with Gasteiger partial charge in [0, 0.05) is 5.41 Å². The zero-order chi connectivity index (χ0) is 11.6. The third-order valence-corrected chi connectivity index (χ3v) is 5.46. The van der Waals surface area contributed by atoms with Crippen LogP contribution in [0.5, 0.6) is 0 Å². The van der Waals surface area contributed by atoms with Crippen LogP contribution in [0.15, 0.2) is 0 Å². The van der Waals surface area contributed by atoms with Gasteiger partial charge in [-0.2, -0.15) is 0 Å². The second-order valence-corrected chi connectivity index (χ2v) is 6.45. The lowest BCUT2D eigenvalue weighted by molar-refractivity contribution is -0.321. The van der Waals surface area contributed by atoms with Gasteiger partial charge in [-0.15, -0.1) is 0 Å². The molecule has 0 spiro atoms. The number of hydrogen-bond donors (Lipinski definition) is 2. The first-order valence-corrected chi connectivity index (χ1v) is 6.50. The first-order valence-electron chi connectivity index (χ1n) is 6.50. The minimum absolute atomic E-state index is 0.168. The van der Waals surface area contributed by atoms with Gasteiger partial charge in [0.1, 0.15) is 5.60 Å². The highest BCUT2D eigenvalue weighted by Gasteiger charge is 2.69. The summed E-state index contributed by atoms with van der Waals surface area (Å²) < 4.78 is 6.10. The van der Waals surface area contributed by atoms with Gasteiger partial charge < -0.3 is 14.9 Å². The van der Waals surface area contributed by atoms with Crippen molar-refractivity contribution < 1.29 is 14.9 Å². The summed E-state index contributed by atoms with van der Waals surface area (Å²) >= 11 is 0. The van der Waals surface area contributed by atoms with Gasteiger partial charge in [0.2, 0.25) is 0 Å². The van der Waals surface area contributed by atoms with Gasteiger partial charge in [-0.25, -0.2) is 0 Å². The lowest BCUT2D eigenvalue weighted by atomic mass is 9.53. The highest BCUT2D eigenvalue weighted by molar-refractivity contribution is 5.19. The molecule has 2 heterocycles. The van der Waals surface area contributed by atoms with Crippen LogP contribution < -0.4 is 0 Å². The van der Waals surface area contributed by atoms with E-state index in [1.54, 1.807) is 0 Å². The summed E-state index contributed by atoms with van der Waals surface area (Å²) in [5, 5.41) is 21.4. The van der Waals surface area contributed by atoms with E-state index in [0.29, 0.717) is 6.42 Å². The molecule has 5 atom stereocenters. The monoisotopic (exact) mass is 226 g/mol. The van der Waals surface area contributed by atoms with Gasteiger partial charge in [-0.1, -0.05) is 6.92 Å². The summed E-state index contributed by atoms with van der Waals surface area (Å²) in [6.45, 7) is 4.12. The molecular formula is C13H22O3. The average Bonchev–Trinajstić information content (AvgIpc) is 2.33. The minimum Gasteiger partial charge on any atom is -0.390 e. The highest BCUT2D eigenvalue weighted by Crippen LogP contribution is 2.61. The van der Waals surface area contributed by atoms with Crippen LogP contribution in [0.3, 0.4) is 0 Å². The van der Waals surface area contributed by atoms with Gasteiger partial charge in [-0.05, 0) is 45.4 Å². The lowest BCUT2D eigenvalue weighted by Crippen LogP contribution is -2.73. The standard InChI is InChI=1S/C13H22O3/c1-11-6-3-7-12(2)13(11,15)10(14)5-4-9(8-11)16-12/h9-10,14-15H,3-8H2,1-2H3/t9-,10-,11-,12-,13+/m0/s1. The molecule has 2 aliphatic carbocycles. The molecule has 92 valence electrons. The van der Waals surface area contributed by atoms with Gasteiger partial charge in [0.15, 0.2) is 0 Å². The Hall–Kier alpha value is -0.120. The number of ether oxygens (including phenoxy) is 1. The second kappa shape index (κ2) is 3.01. The maximum Gasteiger partial charge on any atom is 0.124 e. The number of fused-ring (bicyclic) bond motifs is 2. The summed E-state index contributed by atoms with van der Waals surface area (Å²) in [4.78, 5) is 0. The summed E-state index contributed by atoms with van der Waals surface area (Å²) in [7, 11) is 0. The molecule has 0 amide bonds. The molecule has 0 radical (unpaired) electrons. The van der Waals surface area contributed by atoms with E-state index in [2.05, 4.69) is 6.92 Å². The van der Waals surface area contributed by atoms with Crippen molar-refractivity contribution in [3.8, 4) is 0 Å². The van der Waals surface area contributed by atoms with Crippen LogP contribution in [0.2, 0.25) is 0 Å². The first-order chi connectivity index (χ1) is 7.41. The van der Waals surface area contributed by atoms with Crippen molar-refractivity contribution in [2.24, 2.45) is 5.41 Å². The quantitative estimate of drug-likeness (QED) is 0.660. The Bertz CT molecular complexity index is 296. The summed E-state index contributed by atoms with van der Waals surface area (Å²) in [6, 6.07) is 0. The van der Waals surface area contributed by atoms with Gasteiger partial charge >= 0.3 is 0 Å². The molecule has 0 unspecified atom stereocenters. The average molecular weight is 226 g/mol. The van der Waals surface area contributed by atoms with E-state index < -0.39 is 17.3 Å². The molecule has 4 fully saturated rings.